The summed E-state index contributed by atoms with van der Waals surface area (Å²) in [5.41, 5.74) is -0.164. The van der Waals surface area contributed by atoms with Crippen LogP contribution in [0, 0.1) is 26.9 Å². The average Bonchev–Trinajstić information content (AvgIpc) is 2.43. The van der Waals surface area contributed by atoms with Crippen LogP contribution in [-0.4, -0.2) is 24.4 Å². The molecule has 0 heterocycles. The van der Waals surface area contributed by atoms with Crippen molar-refractivity contribution in [2.45, 2.75) is 13.8 Å². The van der Waals surface area contributed by atoms with Crippen molar-refractivity contribution >= 4 is 17.3 Å². The fraction of sp³-hybridized carbons (Fsp3) is 0.385. The SMILES string of the molecule is CNC(=O)C(C)(C)CNc1ccc([N+](=O)[O-])cc1C#N. The largest absolute Gasteiger partial charge is 0.383 e. The average molecular weight is 276 g/mol. The van der Waals surface area contributed by atoms with Crippen LogP contribution >= 0.6 is 0 Å². The summed E-state index contributed by atoms with van der Waals surface area (Å²) in [6, 6.07) is 5.89. The lowest BCUT2D eigenvalue weighted by Crippen LogP contribution is -2.39. The van der Waals surface area contributed by atoms with Crippen molar-refractivity contribution in [1.29, 1.82) is 5.26 Å². The van der Waals surface area contributed by atoms with E-state index >= 15 is 0 Å². The number of carbonyl (C=O) groups excluding carboxylic acids is 1. The first-order chi connectivity index (χ1) is 9.31. The summed E-state index contributed by atoms with van der Waals surface area (Å²) in [4.78, 5) is 21.7. The predicted octanol–water partition coefficient (Wildman–Crippen LogP) is 1.65. The first-order valence-electron chi connectivity index (χ1n) is 5.96. The van der Waals surface area contributed by atoms with Crippen LogP contribution in [0.2, 0.25) is 0 Å². The zero-order chi connectivity index (χ0) is 15.3. The molecule has 0 aliphatic heterocycles. The van der Waals surface area contributed by atoms with Gasteiger partial charge in [-0.2, -0.15) is 5.26 Å². The van der Waals surface area contributed by atoms with Crippen molar-refractivity contribution in [3.63, 3.8) is 0 Å². The highest BCUT2D eigenvalue weighted by atomic mass is 16.6. The third-order valence-electron chi connectivity index (χ3n) is 2.90. The topological polar surface area (TPSA) is 108 Å². The number of benzene rings is 1. The highest BCUT2D eigenvalue weighted by Crippen LogP contribution is 2.23. The Labute approximate surface area is 116 Å². The van der Waals surface area contributed by atoms with Gasteiger partial charge < -0.3 is 10.6 Å². The van der Waals surface area contributed by atoms with Crippen LogP contribution in [0.4, 0.5) is 11.4 Å². The van der Waals surface area contributed by atoms with Gasteiger partial charge in [-0.05, 0) is 19.9 Å². The Morgan fingerprint density at radius 2 is 2.15 bits per heavy atom. The summed E-state index contributed by atoms with van der Waals surface area (Å²) in [6.45, 7) is 3.83. The maximum atomic E-state index is 11.6. The molecule has 0 saturated heterocycles. The Balaban J connectivity index is 2.92. The van der Waals surface area contributed by atoms with E-state index in [9.17, 15) is 14.9 Å². The van der Waals surface area contributed by atoms with Gasteiger partial charge in [-0.1, -0.05) is 0 Å². The molecule has 0 unspecified atom stereocenters. The van der Waals surface area contributed by atoms with Gasteiger partial charge in [0.25, 0.3) is 5.69 Å². The van der Waals surface area contributed by atoms with E-state index < -0.39 is 10.3 Å². The van der Waals surface area contributed by atoms with Gasteiger partial charge in [0.2, 0.25) is 5.91 Å². The number of hydrogen-bond acceptors (Lipinski definition) is 5. The lowest BCUT2D eigenvalue weighted by Gasteiger charge is -2.23. The fourth-order valence-electron chi connectivity index (χ4n) is 1.63. The molecule has 0 fully saturated rings. The van der Waals surface area contributed by atoms with Gasteiger partial charge in [-0.25, -0.2) is 0 Å². The summed E-state index contributed by atoms with van der Waals surface area (Å²) in [5.74, 6) is -0.134. The van der Waals surface area contributed by atoms with E-state index in [1.807, 2.05) is 6.07 Å². The van der Waals surface area contributed by atoms with E-state index in [1.54, 1.807) is 20.9 Å². The smallest absolute Gasteiger partial charge is 0.270 e. The van der Waals surface area contributed by atoms with Crippen molar-refractivity contribution in [3.8, 4) is 6.07 Å². The van der Waals surface area contributed by atoms with Crippen LogP contribution in [0.3, 0.4) is 0 Å². The number of non-ortho nitro benzene ring substituents is 1. The van der Waals surface area contributed by atoms with Crippen molar-refractivity contribution in [1.82, 2.24) is 5.32 Å². The Morgan fingerprint density at radius 3 is 2.65 bits per heavy atom. The van der Waals surface area contributed by atoms with Gasteiger partial charge >= 0.3 is 0 Å². The summed E-state index contributed by atoms with van der Waals surface area (Å²) in [7, 11) is 1.55. The van der Waals surface area contributed by atoms with E-state index in [1.165, 1.54) is 18.2 Å². The van der Waals surface area contributed by atoms with Gasteiger partial charge in [-0.3, -0.25) is 14.9 Å². The number of carbonyl (C=O) groups is 1. The monoisotopic (exact) mass is 276 g/mol. The Morgan fingerprint density at radius 1 is 1.50 bits per heavy atom. The molecular formula is C13H16N4O3. The Kier molecular flexibility index (Phi) is 4.64. The second-order valence-corrected chi connectivity index (χ2v) is 4.92. The molecule has 0 aliphatic rings. The molecule has 1 rings (SSSR count). The third-order valence-corrected chi connectivity index (χ3v) is 2.90. The maximum absolute atomic E-state index is 11.6. The molecule has 2 N–H and O–H groups in total. The molecule has 7 heteroatoms. The molecule has 0 radical (unpaired) electrons. The third kappa shape index (κ3) is 3.45. The van der Waals surface area contributed by atoms with Crippen LogP contribution in [0.1, 0.15) is 19.4 Å². The van der Waals surface area contributed by atoms with Crippen LogP contribution in [-0.2, 0) is 4.79 Å². The second-order valence-electron chi connectivity index (χ2n) is 4.92. The van der Waals surface area contributed by atoms with Crippen molar-refractivity contribution < 1.29 is 9.72 Å². The highest BCUT2D eigenvalue weighted by Gasteiger charge is 2.26. The number of nitrogens with zero attached hydrogens (tertiary/aromatic N) is 2. The highest BCUT2D eigenvalue weighted by molar-refractivity contribution is 5.82. The van der Waals surface area contributed by atoms with Crippen LogP contribution in [0.25, 0.3) is 0 Å². The molecule has 106 valence electrons. The summed E-state index contributed by atoms with van der Waals surface area (Å²) < 4.78 is 0. The number of nitro groups is 1. The molecule has 1 aromatic carbocycles. The Hall–Kier alpha value is -2.62. The van der Waals surface area contributed by atoms with E-state index in [-0.39, 0.29) is 17.2 Å². The predicted molar refractivity (Wildman–Crippen MR) is 74.1 cm³/mol. The van der Waals surface area contributed by atoms with Gasteiger partial charge in [0.1, 0.15) is 6.07 Å². The number of anilines is 1. The van der Waals surface area contributed by atoms with Crippen molar-refractivity contribution in [2.75, 3.05) is 18.9 Å². The molecule has 1 aromatic rings. The molecule has 0 aliphatic carbocycles. The van der Waals surface area contributed by atoms with Crippen LogP contribution in [0.5, 0.6) is 0 Å². The number of amides is 1. The van der Waals surface area contributed by atoms with Crippen LogP contribution < -0.4 is 10.6 Å². The molecule has 0 saturated carbocycles. The molecule has 20 heavy (non-hydrogen) atoms. The zero-order valence-corrected chi connectivity index (χ0v) is 11.6. The normalized spacial score (nSPS) is 10.5. The first-order valence-corrected chi connectivity index (χ1v) is 5.96. The Bertz CT molecular complexity index is 575. The van der Waals surface area contributed by atoms with Crippen LogP contribution in [0.15, 0.2) is 18.2 Å². The second kappa shape index (κ2) is 6.02. The summed E-state index contributed by atoms with van der Waals surface area (Å²) in [6.07, 6.45) is 0. The molecule has 0 atom stereocenters. The minimum absolute atomic E-state index is 0.134. The molecule has 0 aromatic heterocycles. The van der Waals surface area contributed by atoms with E-state index in [0.29, 0.717) is 12.2 Å². The molecule has 7 nitrogen and oxygen atoms in total. The summed E-state index contributed by atoms with van der Waals surface area (Å²) in [5, 5.41) is 25.2. The van der Waals surface area contributed by atoms with E-state index in [4.69, 9.17) is 5.26 Å². The van der Waals surface area contributed by atoms with Gasteiger partial charge in [-0.15, -0.1) is 0 Å². The molecular weight excluding hydrogens is 260 g/mol. The number of hydrogen-bond donors (Lipinski definition) is 2. The lowest BCUT2D eigenvalue weighted by atomic mass is 9.92. The van der Waals surface area contributed by atoms with Crippen molar-refractivity contribution in [3.05, 3.63) is 33.9 Å². The van der Waals surface area contributed by atoms with Gasteiger partial charge in [0, 0.05) is 25.7 Å². The number of rotatable bonds is 5. The first kappa shape index (κ1) is 15.4. The molecule has 1 amide bonds. The standard InChI is InChI=1S/C13H16N4O3/c1-13(2,12(18)15-3)8-16-11-5-4-10(17(19)20)6-9(11)7-14/h4-6,16H,8H2,1-3H3,(H,15,18). The number of nitrogens with one attached hydrogen (secondary N) is 2. The fourth-order valence-corrected chi connectivity index (χ4v) is 1.63. The number of nitro benzene ring substituents is 1. The number of nitriles is 1. The van der Waals surface area contributed by atoms with E-state index in [0.717, 1.165) is 0 Å². The summed E-state index contributed by atoms with van der Waals surface area (Å²) >= 11 is 0. The molecule has 0 spiro atoms. The quantitative estimate of drug-likeness (QED) is 0.628. The molecule has 0 bridgehead atoms. The van der Waals surface area contributed by atoms with E-state index in [2.05, 4.69) is 10.6 Å². The minimum atomic E-state index is -0.663. The van der Waals surface area contributed by atoms with Crippen molar-refractivity contribution in [2.24, 2.45) is 5.41 Å². The zero-order valence-electron chi connectivity index (χ0n) is 11.6. The van der Waals surface area contributed by atoms with Gasteiger partial charge in [0.15, 0.2) is 0 Å². The lowest BCUT2D eigenvalue weighted by molar-refractivity contribution is -0.384. The minimum Gasteiger partial charge on any atom is -0.383 e. The van der Waals surface area contributed by atoms with Gasteiger partial charge in [0.05, 0.1) is 21.6 Å². The maximum Gasteiger partial charge on any atom is 0.270 e.